The lowest BCUT2D eigenvalue weighted by Gasteiger charge is -2.28. The second-order valence-corrected chi connectivity index (χ2v) is 6.42. The normalized spacial score (nSPS) is 19.0. The molecule has 0 spiro atoms. The maximum Gasteiger partial charge on any atom is 0.266 e. The van der Waals surface area contributed by atoms with Crippen molar-refractivity contribution in [2.75, 3.05) is 7.05 Å². The maximum atomic E-state index is 13.7. The van der Waals surface area contributed by atoms with Gasteiger partial charge in [-0.25, -0.2) is 19.4 Å². The number of pyridine rings is 1. The Balaban J connectivity index is 1.98. The van der Waals surface area contributed by atoms with Crippen LogP contribution in [-0.4, -0.2) is 38.8 Å². The molecule has 28 heavy (non-hydrogen) atoms. The number of nitrogens with two attached hydrogens (primary N) is 1. The van der Waals surface area contributed by atoms with Crippen LogP contribution >= 0.6 is 0 Å². The zero-order valence-corrected chi connectivity index (χ0v) is 15.1. The highest BCUT2D eigenvalue weighted by atomic mass is 19.1. The molecule has 1 aromatic carbocycles. The van der Waals surface area contributed by atoms with Gasteiger partial charge in [0, 0.05) is 48.5 Å². The van der Waals surface area contributed by atoms with Crippen LogP contribution in [0, 0.1) is 0 Å². The van der Waals surface area contributed by atoms with Gasteiger partial charge in [0.05, 0.1) is 0 Å². The molecule has 0 aliphatic carbocycles. The lowest BCUT2D eigenvalue weighted by molar-refractivity contribution is -0.129. The molecule has 7 nitrogen and oxygen atoms in total. The van der Waals surface area contributed by atoms with Gasteiger partial charge in [0.1, 0.15) is 13.0 Å². The summed E-state index contributed by atoms with van der Waals surface area (Å²) in [5.41, 5.74) is 7.39. The van der Waals surface area contributed by atoms with E-state index in [9.17, 15) is 9.18 Å². The number of aliphatic imine (C=N–C) groups is 1. The Bertz CT molecular complexity index is 1070. The van der Waals surface area contributed by atoms with Crippen LogP contribution < -0.4 is 5.73 Å². The number of benzene rings is 1. The van der Waals surface area contributed by atoms with Crippen molar-refractivity contribution in [3.8, 4) is 11.1 Å². The fourth-order valence-electron chi connectivity index (χ4n) is 3.42. The monoisotopic (exact) mass is 376 g/mol. The van der Waals surface area contributed by atoms with Crippen LogP contribution in [0.4, 0.5) is 4.39 Å². The van der Waals surface area contributed by atoms with Gasteiger partial charge in [0.2, 0.25) is 0 Å². The molecule has 2 aromatic heterocycles. The Morgan fingerprint density at radius 3 is 2.57 bits per heavy atom. The highest BCUT2D eigenvalue weighted by Crippen LogP contribution is 2.41. The molecule has 0 saturated heterocycles. The molecule has 1 amide bonds. The van der Waals surface area contributed by atoms with Crippen molar-refractivity contribution in [2.45, 2.75) is 12.2 Å². The quantitative estimate of drug-likeness (QED) is 0.751. The Labute approximate surface area is 160 Å². The van der Waals surface area contributed by atoms with E-state index < -0.39 is 12.2 Å². The average Bonchev–Trinajstić information content (AvgIpc) is 2.99. The number of carbonyl (C=O) groups is 1. The topological polar surface area (TPSA) is 97.4 Å². The van der Waals surface area contributed by atoms with E-state index in [-0.39, 0.29) is 17.4 Å². The average molecular weight is 376 g/mol. The number of likely N-dealkylation sites (N-methyl/N-ethyl adjacent to an activating group) is 1. The lowest BCUT2D eigenvalue weighted by atomic mass is 9.80. The third kappa shape index (κ3) is 2.61. The van der Waals surface area contributed by atoms with Gasteiger partial charge in [-0.1, -0.05) is 18.2 Å². The standard InChI is InChI=1S/C20H17FN6O/c1-27-18(28)20(26-19(27)22,17-5-6-23-9-14(17)8-21)16-4-2-3-13(7-16)15-10-24-12-25-11-15/h2-7,9-12H,8H2,1H3,(H2,22,26). The van der Waals surface area contributed by atoms with Crippen molar-refractivity contribution in [3.05, 3.63) is 78.1 Å². The summed E-state index contributed by atoms with van der Waals surface area (Å²) in [5, 5.41) is 0. The summed E-state index contributed by atoms with van der Waals surface area (Å²) in [5.74, 6) is -0.285. The number of nitrogens with zero attached hydrogens (tertiary/aromatic N) is 5. The van der Waals surface area contributed by atoms with E-state index in [1.54, 1.807) is 31.6 Å². The molecule has 0 saturated carbocycles. The number of aromatic nitrogens is 3. The van der Waals surface area contributed by atoms with Gasteiger partial charge in [-0.2, -0.15) is 0 Å². The summed E-state index contributed by atoms with van der Waals surface area (Å²) in [6.45, 7) is -0.774. The smallest absolute Gasteiger partial charge is 0.266 e. The lowest BCUT2D eigenvalue weighted by Crippen LogP contribution is -2.41. The number of rotatable bonds is 4. The molecule has 2 N–H and O–H groups in total. The second kappa shape index (κ2) is 6.80. The van der Waals surface area contributed by atoms with Crippen molar-refractivity contribution < 1.29 is 9.18 Å². The zero-order chi connectivity index (χ0) is 19.7. The van der Waals surface area contributed by atoms with Gasteiger partial charge < -0.3 is 5.73 Å². The van der Waals surface area contributed by atoms with Crippen molar-refractivity contribution in [3.63, 3.8) is 0 Å². The molecular weight excluding hydrogens is 359 g/mol. The Hall–Kier alpha value is -3.68. The number of hydrogen-bond acceptors (Lipinski definition) is 6. The molecular formula is C20H17FN6O. The van der Waals surface area contributed by atoms with Crippen LogP contribution in [0.5, 0.6) is 0 Å². The fraction of sp³-hybridized carbons (Fsp3) is 0.150. The third-order valence-electron chi connectivity index (χ3n) is 4.85. The molecule has 0 radical (unpaired) electrons. The first-order chi connectivity index (χ1) is 13.6. The minimum Gasteiger partial charge on any atom is -0.369 e. The van der Waals surface area contributed by atoms with E-state index in [0.29, 0.717) is 11.1 Å². The Morgan fingerprint density at radius 1 is 1.11 bits per heavy atom. The van der Waals surface area contributed by atoms with Gasteiger partial charge in [0.15, 0.2) is 11.5 Å². The van der Waals surface area contributed by atoms with E-state index in [1.165, 1.54) is 23.6 Å². The number of alkyl halides is 1. The molecule has 0 fully saturated rings. The minimum absolute atomic E-state index is 0.0695. The first kappa shape index (κ1) is 17.7. The van der Waals surface area contributed by atoms with E-state index in [4.69, 9.17) is 5.73 Å². The third-order valence-corrected chi connectivity index (χ3v) is 4.85. The summed E-state index contributed by atoms with van der Waals surface area (Å²) in [7, 11) is 1.55. The summed E-state index contributed by atoms with van der Waals surface area (Å²) < 4.78 is 13.7. The molecule has 1 unspecified atom stereocenters. The largest absolute Gasteiger partial charge is 0.369 e. The SMILES string of the molecule is CN1C(=O)C(c2cccc(-c3cncnc3)c2)(c2ccncc2CF)N=C1N. The molecule has 3 aromatic rings. The number of guanidine groups is 1. The summed E-state index contributed by atoms with van der Waals surface area (Å²) >= 11 is 0. The zero-order valence-electron chi connectivity index (χ0n) is 15.1. The van der Waals surface area contributed by atoms with Gasteiger partial charge in [-0.15, -0.1) is 0 Å². The number of amides is 1. The van der Waals surface area contributed by atoms with Crippen LogP contribution in [0.3, 0.4) is 0 Å². The first-order valence-corrected chi connectivity index (χ1v) is 8.56. The van der Waals surface area contributed by atoms with E-state index in [0.717, 1.165) is 11.1 Å². The van der Waals surface area contributed by atoms with Crippen LogP contribution in [0.2, 0.25) is 0 Å². The molecule has 8 heteroatoms. The number of halogens is 1. The molecule has 3 heterocycles. The Kier molecular flexibility index (Phi) is 4.31. The van der Waals surface area contributed by atoms with Crippen molar-refractivity contribution >= 4 is 11.9 Å². The minimum atomic E-state index is -1.48. The van der Waals surface area contributed by atoms with Gasteiger partial charge >= 0.3 is 0 Å². The van der Waals surface area contributed by atoms with Crippen LogP contribution in [0.25, 0.3) is 11.1 Å². The molecule has 4 rings (SSSR count). The van der Waals surface area contributed by atoms with E-state index in [1.807, 2.05) is 18.2 Å². The summed E-state index contributed by atoms with van der Waals surface area (Å²) in [4.78, 5) is 31.2. The van der Waals surface area contributed by atoms with E-state index >= 15 is 0 Å². The fourth-order valence-corrected chi connectivity index (χ4v) is 3.42. The van der Waals surface area contributed by atoms with Crippen LogP contribution in [0.15, 0.2) is 66.4 Å². The molecule has 0 bridgehead atoms. The summed E-state index contributed by atoms with van der Waals surface area (Å²) in [6.07, 6.45) is 7.72. The highest BCUT2D eigenvalue weighted by Gasteiger charge is 2.50. The van der Waals surface area contributed by atoms with Gasteiger partial charge in [0.25, 0.3) is 5.91 Å². The first-order valence-electron chi connectivity index (χ1n) is 8.56. The predicted octanol–water partition coefficient (Wildman–Crippen LogP) is 2.04. The molecule has 1 aliphatic rings. The van der Waals surface area contributed by atoms with Crippen molar-refractivity contribution in [2.24, 2.45) is 10.7 Å². The number of hydrogen-bond donors (Lipinski definition) is 1. The maximum absolute atomic E-state index is 13.7. The Morgan fingerprint density at radius 2 is 1.89 bits per heavy atom. The second-order valence-electron chi connectivity index (χ2n) is 6.42. The van der Waals surface area contributed by atoms with Gasteiger partial charge in [-0.05, 0) is 23.3 Å². The van der Waals surface area contributed by atoms with Crippen molar-refractivity contribution in [1.29, 1.82) is 0 Å². The van der Waals surface area contributed by atoms with E-state index in [2.05, 4.69) is 19.9 Å². The molecule has 1 aliphatic heterocycles. The predicted molar refractivity (Wildman–Crippen MR) is 102 cm³/mol. The molecule has 1 atom stereocenters. The molecule has 140 valence electrons. The highest BCUT2D eigenvalue weighted by molar-refractivity contribution is 6.09. The van der Waals surface area contributed by atoms with Crippen molar-refractivity contribution in [1.82, 2.24) is 19.9 Å². The summed E-state index contributed by atoms with van der Waals surface area (Å²) in [6, 6.07) is 8.92. The van der Waals surface area contributed by atoms with Crippen LogP contribution in [0.1, 0.15) is 16.7 Å². The number of carbonyl (C=O) groups excluding carboxylic acids is 1. The van der Waals surface area contributed by atoms with Gasteiger partial charge in [-0.3, -0.25) is 14.7 Å². The van der Waals surface area contributed by atoms with Crippen LogP contribution in [-0.2, 0) is 17.0 Å².